The van der Waals surface area contributed by atoms with Gasteiger partial charge in [-0.2, -0.15) is 0 Å². The summed E-state index contributed by atoms with van der Waals surface area (Å²) < 4.78 is 5.99. The van der Waals surface area contributed by atoms with Gasteiger partial charge in [-0.25, -0.2) is 0 Å². The molecule has 0 radical (unpaired) electrons. The number of rotatable bonds is 5. The van der Waals surface area contributed by atoms with E-state index in [9.17, 15) is 4.79 Å². The summed E-state index contributed by atoms with van der Waals surface area (Å²) in [4.78, 5) is 15.1. The third kappa shape index (κ3) is 3.14. The van der Waals surface area contributed by atoms with Crippen LogP contribution in [0.5, 0.6) is 0 Å². The quantitative estimate of drug-likeness (QED) is 0.834. The van der Waals surface area contributed by atoms with Crippen LogP contribution in [0.25, 0.3) is 0 Å². The molecule has 134 valence electrons. The maximum atomic E-state index is 13.0. The van der Waals surface area contributed by atoms with Crippen LogP contribution in [0.1, 0.15) is 58.3 Å². The maximum Gasteiger partial charge on any atom is 0.226 e. The van der Waals surface area contributed by atoms with Crippen molar-refractivity contribution in [1.82, 2.24) is 4.90 Å². The lowest BCUT2D eigenvalue weighted by molar-refractivity contribution is -0.175. The molecule has 0 aromatic rings. The number of carbonyl (C=O) groups excluding carboxylic acids is 1. The fraction of sp³-hybridized carbons (Fsp3) is 0.944. The Morgan fingerprint density at radius 2 is 1.96 bits per heavy atom. The van der Waals surface area contributed by atoms with Crippen LogP contribution in [0, 0.1) is 17.3 Å². The Bertz CT molecular complexity index is 412. The molecule has 0 aromatic heterocycles. The zero-order chi connectivity index (χ0) is 15.7. The normalized spacial score (nSPS) is 34.9. The van der Waals surface area contributed by atoms with Gasteiger partial charge in [0.25, 0.3) is 0 Å². The van der Waals surface area contributed by atoms with Crippen molar-refractivity contribution in [2.24, 2.45) is 23.0 Å². The Labute approximate surface area is 146 Å². The number of ether oxygens (including phenoxy) is 1. The SMILES string of the molecule is CCOC1CC(N(C)C(=O)[C@@H]2CCC[C@@H]2CN)C12CCCC2.Cl. The first kappa shape index (κ1) is 19.0. The Balaban J connectivity index is 0.00000192. The minimum atomic E-state index is 0. The number of hydrogen-bond donors (Lipinski definition) is 1. The molecule has 1 spiro atoms. The molecule has 4 atom stereocenters. The van der Waals surface area contributed by atoms with E-state index in [4.69, 9.17) is 10.5 Å². The van der Waals surface area contributed by atoms with Crippen LogP contribution in [0.2, 0.25) is 0 Å². The highest BCUT2D eigenvalue weighted by Gasteiger charge is 2.59. The lowest BCUT2D eigenvalue weighted by Crippen LogP contribution is -2.64. The van der Waals surface area contributed by atoms with E-state index in [1.54, 1.807) is 0 Å². The highest BCUT2D eigenvalue weighted by Crippen LogP contribution is 2.56. The highest BCUT2D eigenvalue weighted by atomic mass is 35.5. The predicted octanol–water partition coefficient (Wildman–Crippen LogP) is 2.98. The third-order valence-electron chi connectivity index (χ3n) is 6.74. The van der Waals surface area contributed by atoms with Gasteiger partial charge in [-0.05, 0) is 51.5 Å². The summed E-state index contributed by atoms with van der Waals surface area (Å²) in [6, 6.07) is 0.387. The summed E-state index contributed by atoms with van der Waals surface area (Å²) in [5.41, 5.74) is 6.12. The minimum Gasteiger partial charge on any atom is -0.378 e. The summed E-state index contributed by atoms with van der Waals surface area (Å²) in [5.74, 6) is 0.913. The van der Waals surface area contributed by atoms with Gasteiger partial charge < -0.3 is 15.4 Å². The van der Waals surface area contributed by atoms with Crippen molar-refractivity contribution in [2.45, 2.75) is 70.4 Å². The molecule has 3 saturated carbocycles. The lowest BCUT2D eigenvalue weighted by atomic mass is 9.60. The van der Waals surface area contributed by atoms with E-state index in [1.807, 2.05) is 7.05 Å². The van der Waals surface area contributed by atoms with E-state index in [2.05, 4.69) is 11.8 Å². The monoisotopic (exact) mass is 344 g/mol. The number of carbonyl (C=O) groups is 1. The van der Waals surface area contributed by atoms with Crippen LogP contribution in [0.4, 0.5) is 0 Å². The second-order valence-electron chi connectivity index (χ2n) is 7.62. The Morgan fingerprint density at radius 1 is 1.26 bits per heavy atom. The standard InChI is InChI=1S/C18H32N2O2.ClH/c1-3-22-16-11-15(18(16)9-4-5-10-18)20(2)17(21)14-8-6-7-13(14)12-19;/h13-16H,3-12,19H2,1-2H3;1H/t13-,14-,15?,16?;/m1./s1. The minimum absolute atomic E-state index is 0. The molecular formula is C18H33ClN2O2. The van der Waals surface area contributed by atoms with Gasteiger partial charge in [-0.3, -0.25) is 4.79 Å². The second kappa shape index (κ2) is 7.71. The predicted molar refractivity (Wildman–Crippen MR) is 94.6 cm³/mol. The molecule has 3 rings (SSSR count). The summed E-state index contributed by atoms with van der Waals surface area (Å²) in [5, 5.41) is 0. The van der Waals surface area contributed by atoms with Crippen molar-refractivity contribution >= 4 is 18.3 Å². The first-order chi connectivity index (χ1) is 10.6. The smallest absolute Gasteiger partial charge is 0.226 e. The van der Waals surface area contributed by atoms with Crippen molar-refractivity contribution in [1.29, 1.82) is 0 Å². The molecular weight excluding hydrogens is 312 g/mol. The average molecular weight is 345 g/mol. The van der Waals surface area contributed by atoms with Crippen LogP contribution >= 0.6 is 12.4 Å². The third-order valence-corrected chi connectivity index (χ3v) is 6.74. The van der Waals surface area contributed by atoms with Gasteiger partial charge in [-0.15, -0.1) is 12.4 Å². The number of amides is 1. The van der Waals surface area contributed by atoms with Gasteiger partial charge in [-0.1, -0.05) is 19.3 Å². The summed E-state index contributed by atoms with van der Waals surface area (Å²) in [6.45, 7) is 3.52. The molecule has 23 heavy (non-hydrogen) atoms. The molecule has 0 aliphatic heterocycles. The summed E-state index contributed by atoms with van der Waals surface area (Å²) in [7, 11) is 2.03. The van der Waals surface area contributed by atoms with Crippen LogP contribution in [0.15, 0.2) is 0 Å². The molecule has 2 unspecified atom stereocenters. The number of hydrogen-bond acceptors (Lipinski definition) is 3. The maximum absolute atomic E-state index is 13.0. The van der Waals surface area contributed by atoms with Crippen molar-refractivity contribution < 1.29 is 9.53 Å². The van der Waals surface area contributed by atoms with E-state index in [1.165, 1.54) is 25.7 Å². The summed E-state index contributed by atoms with van der Waals surface area (Å²) >= 11 is 0. The lowest BCUT2D eigenvalue weighted by Gasteiger charge is -2.57. The topological polar surface area (TPSA) is 55.6 Å². The number of nitrogens with zero attached hydrogens (tertiary/aromatic N) is 1. The fourth-order valence-electron chi connectivity index (χ4n) is 5.45. The Hall–Kier alpha value is -0.320. The molecule has 3 aliphatic rings. The van der Waals surface area contributed by atoms with Gasteiger partial charge in [0.05, 0.1) is 6.10 Å². The molecule has 5 heteroatoms. The number of halogens is 1. The van der Waals surface area contributed by atoms with E-state index >= 15 is 0 Å². The Morgan fingerprint density at radius 3 is 2.57 bits per heavy atom. The van der Waals surface area contributed by atoms with E-state index in [-0.39, 0.29) is 23.7 Å². The van der Waals surface area contributed by atoms with Crippen LogP contribution in [0.3, 0.4) is 0 Å². The van der Waals surface area contributed by atoms with Gasteiger partial charge in [0.15, 0.2) is 0 Å². The first-order valence-electron chi connectivity index (χ1n) is 9.22. The van der Waals surface area contributed by atoms with Gasteiger partial charge in [0.1, 0.15) is 0 Å². The average Bonchev–Trinajstić information content (AvgIpc) is 3.19. The van der Waals surface area contributed by atoms with Crippen molar-refractivity contribution in [3.8, 4) is 0 Å². The molecule has 4 nitrogen and oxygen atoms in total. The van der Waals surface area contributed by atoms with Crippen molar-refractivity contribution in [2.75, 3.05) is 20.2 Å². The molecule has 2 N–H and O–H groups in total. The zero-order valence-electron chi connectivity index (χ0n) is 14.6. The molecule has 0 heterocycles. The number of nitrogens with two attached hydrogens (primary N) is 1. The van der Waals surface area contributed by atoms with Gasteiger partial charge >= 0.3 is 0 Å². The van der Waals surface area contributed by atoms with Gasteiger partial charge in [0, 0.05) is 31.0 Å². The van der Waals surface area contributed by atoms with Crippen LogP contribution < -0.4 is 5.73 Å². The molecule has 1 amide bonds. The Kier molecular flexibility index (Phi) is 6.37. The molecule has 3 fully saturated rings. The van der Waals surface area contributed by atoms with Crippen LogP contribution in [-0.2, 0) is 9.53 Å². The molecule has 0 saturated heterocycles. The highest BCUT2D eigenvalue weighted by molar-refractivity contribution is 5.85. The van der Waals surface area contributed by atoms with Crippen molar-refractivity contribution in [3.05, 3.63) is 0 Å². The van der Waals surface area contributed by atoms with Crippen LogP contribution in [-0.4, -0.2) is 43.2 Å². The fourth-order valence-corrected chi connectivity index (χ4v) is 5.45. The first-order valence-corrected chi connectivity index (χ1v) is 9.22. The molecule has 0 aromatic carbocycles. The zero-order valence-corrected chi connectivity index (χ0v) is 15.4. The van der Waals surface area contributed by atoms with Gasteiger partial charge in [0.2, 0.25) is 5.91 Å². The molecule has 3 aliphatic carbocycles. The summed E-state index contributed by atoms with van der Waals surface area (Å²) in [6.07, 6.45) is 9.73. The second-order valence-corrected chi connectivity index (χ2v) is 7.62. The largest absolute Gasteiger partial charge is 0.378 e. The van der Waals surface area contributed by atoms with E-state index in [0.717, 1.165) is 32.3 Å². The van der Waals surface area contributed by atoms with E-state index < -0.39 is 0 Å². The molecule has 0 bridgehead atoms. The van der Waals surface area contributed by atoms with E-state index in [0.29, 0.717) is 30.5 Å². The van der Waals surface area contributed by atoms with Crippen molar-refractivity contribution in [3.63, 3.8) is 0 Å².